The lowest BCUT2D eigenvalue weighted by Crippen LogP contribution is -2.34. The van der Waals surface area contributed by atoms with Crippen LogP contribution in [0.15, 0.2) is 48.5 Å². The van der Waals surface area contributed by atoms with E-state index in [1.165, 1.54) is 18.2 Å². The normalized spacial score (nSPS) is 11.6. The summed E-state index contributed by atoms with van der Waals surface area (Å²) in [6, 6.07) is 11.7. The van der Waals surface area contributed by atoms with E-state index in [9.17, 15) is 20.0 Å². The van der Waals surface area contributed by atoms with Crippen molar-refractivity contribution in [3.05, 3.63) is 69.2 Å². The van der Waals surface area contributed by atoms with Gasteiger partial charge in [0.15, 0.2) is 0 Å². The van der Waals surface area contributed by atoms with E-state index in [1.807, 2.05) is 6.07 Å². The first kappa shape index (κ1) is 16.7. The van der Waals surface area contributed by atoms with Gasteiger partial charge in [-0.2, -0.15) is 0 Å². The van der Waals surface area contributed by atoms with Gasteiger partial charge in [0.25, 0.3) is 5.69 Å². The summed E-state index contributed by atoms with van der Waals surface area (Å²) < 4.78 is 0. The maximum absolute atomic E-state index is 12.0. The number of hydrogen-bond donors (Lipinski definition) is 3. The Kier molecular flexibility index (Phi) is 5.51. The van der Waals surface area contributed by atoms with Crippen LogP contribution in [-0.4, -0.2) is 22.7 Å². The molecule has 0 spiro atoms. The van der Waals surface area contributed by atoms with Crippen molar-refractivity contribution in [2.24, 2.45) is 0 Å². The van der Waals surface area contributed by atoms with Crippen LogP contribution in [0, 0.1) is 10.1 Å². The molecule has 1 unspecified atom stereocenters. The monoisotopic (exact) mass is 335 g/mol. The fraction of sp³-hybridized carbons (Fsp3) is 0.133. The lowest BCUT2D eigenvalue weighted by atomic mass is 10.1. The summed E-state index contributed by atoms with van der Waals surface area (Å²) in [5.41, 5.74) is 0.668. The van der Waals surface area contributed by atoms with Crippen LogP contribution < -0.4 is 10.6 Å². The number of aliphatic hydroxyl groups excluding tert-OH is 1. The van der Waals surface area contributed by atoms with Gasteiger partial charge in [0.1, 0.15) is 5.02 Å². The van der Waals surface area contributed by atoms with E-state index in [-0.39, 0.29) is 23.0 Å². The molecule has 0 bridgehead atoms. The molecule has 0 saturated heterocycles. The van der Waals surface area contributed by atoms with Gasteiger partial charge in [0.05, 0.1) is 17.6 Å². The molecule has 3 N–H and O–H groups in total. The third-order valence-corrected chi connectivity index (χ3v) is 3.41. The topological polar surface area (TPSA) is 104 Å². The van der Waals surface area contributed by atoms with Gasteiger partial charge in [0.2, 0.25) is 0 Å². The number of nitro groups is 1. The number of nitrogens with one attached hydrogen (secondary N) is 2. The minimum Gasteiger partial charge on any atom is -0.394 e. The van der Waals surface area contributed by atoms with Crippen molar-refractivity contribution in [3.63, 3.8) is 0 Å². The summed E-state index contributed by atoms with van der Waals surface area (Å²) in [7, 11) is 0. The molecule has 0 fully saturated rings. The second-order valence-electron chi connectivity index (χ2n) is 4.67. The van der Waals surface area contributed by atoms with Gasteiger partial charge in [-0.25, -0.2) is 4.79 Å². The highest BCUT2D eigenvalue weighted by molar-refractivity contribution is 6.32. The van der Waals surface area contributed by atoms with E-state index in [0.29, 0.717) is 0 Å². The van der Waals surface area contributed by atoms with Crippen LogP contribution in [0.2, 0.25) is 5.02 Å². The Morgan fingerprint density at radius 3 is 2.57 bits per heavy atom. The number of aliphatic hydroxyl groups is 1. The number of benzene rings is 2. The standard InChI is InChI=1S/C15H14ClN3O4/c16-12-7-6-11(8-14(12)19(22)23)17-15(21)18-13(9-20)10-4-2-1-3-5-10/h1-8,13,20H,9H2,(H2,17,18,21). The molecule has 0 aliphatic carbocycles. The first-order valence-corrected chi connectivity index (χ1v) is 7.06. The average molecular weight is 336 g/mol. The number of halogens is 1. The third kappa shape index (κ3) is 4.41. The number of anilines is 1. The van der Waals surface area contributed by atoms with Crippen LogP contribution in [0.25, 0.3) is 0 Å². The van der Waals surface area contributed by atoms with Crippen LogP contribution in [0.5, 0.6) is 0 Å². The van der Waals surface area contributed by atoms with E-state index in [0.717, 1.165) is 5.56 Å². The molecule has 2 amide bonds. The maximum atomic E-state index is 12.0. The third-order valence-electron chi connectivity index (χ3n) is 3.09. The molecule has 0 aliphatic rings. The molecule has 2 aromatic carbocycles. The molecular formula is C15H14ClN3O4. The Morgan fingerprint density at radius 2 is 1.96 bits per heavy atom. The molecule has 1 atom stereocenters. The minimum absolute atomic E-state index is 0.0153. The summed E-state index contributed by atoms with van der Waals surface area (Å²) >= 11 is 5.71. The average Bonchev–Trinajstić information content (AvgIpc) is 2.55. The molecule has 120 valence electrons. The number of amides is 2. The number of urea groups is 1. The van der Waals surface area contributed by atoms with E-state index in [4.69, 9.17) is 11.6 Å². The molecular weight excluding hydrogens is 322 g/mol. The predicted octanol–water partition coefficient (Wildman–Crippen LogP) is 3.10. The maximum Gasteiger partial charge on any atom is 0.319 e. The van der Waals surface area contributed by atoms with Crippen molar-refractivity contribution in [1.29, 1.82) is 0 Å². The summed E-state index contributed by atoms with van der Waals surface area (Å²) in [6.45, 7) is -0.280. The summed E-state index contributed by atoms with van der Waals surface area (Å²) in [4.78, 5) is 22.2. The molecule has 7 nitrogen and oxygen atoms in total. The lowest BCUT2D eigenvalue weighted by molar-refractivity contribution is -0.384. The lowest BCUT2D eigenvalue weighted by Gasteiger charge is -2.17. The van der Waals surface area contributed by atoms with E-state index in [1.54, 1.807) is 24.3 Å². The van der Waals surface area contributed by atoms with Crippen LogP contribution >= 0.6 is 11.6 Å². The Bertz CT molecular complexity index is 709. The molecule has 0 radical (unpaired) electrons. The van der Waals surface area contributed by atoms with Crippen molar-refractivity contribution in [2.45, 2.75) is 6.04 Å². The van der Waals surface area contributed by atoms with Crippen molar-refractivity contribution in [1.82, 2.24) is 5.32 Å². The summed E-state index contributed by atoms with van der Waals surface area (Å²) in [6.07, 6.45) is 0. The Balaban J connectivity index is 2.07. The molecule has 0 aromatic heterocycles. The quantitative estimate of drug-likeness (QED) is 0.576. The number of hydrogen-bond acceptors (Lipinski definition) is 4. The smallest absolute Gasteiger partial charge is 0.319 e. The number of rotatable bonds is 5. The van der Waals surface area contributed by atoms with Crippen LogP contribution in [0.4, 0.5) is 16.2 Å². The van der Waals surface area contributed by atoms with Gasteiger partial charge in [-0.15, -0.1) is 0 Å². The van der Waals surface area contributed by atoms with Gasteiger partial charge in [-0.1, -0.05) is 41.9 Å². The fourth-order valence-electron chi connectivity index (χ4n) is 1.98. The predicted molar refractivity (Wildman–Crippen MR) is 86.5 cm³/mol. The van der Waals surface area contributed by atoms with Crippen LogP contribution in [-0.2, 0) is 0 Å². The largest absolute Gasteiger partial charge is 0.394 e. The van der Waals surface area contributed by atoms with E-state index < -0.39 is 17.0 Å². The number of nitro benzene ring substituents is 1. The van der Waals surface area contributed by atoms with E-state index >= 15 is 0 Å². The van der Waals surface area contributed by atoms with Crippen molar-refractivity contribution < 1.29 is 14.8 Å². The van der Waals surface area contributed by atoms with Gasteiger partial charge in [-0.05, 0) is 17.7 Å². The molecule has 0 aliphatic heterocycles. The Labute approximate surface area is 137 Å². The van der Waals surface area contributed by atoms with E-state index in [2.05, 4.69) is 10.6 Å². The van der Waals surface area contributed by atoms with Gasteiger partial charge < -0.3 is 15.7 Å². The van der Waals surface area contributed by atoms with Crippen molar-refractivity contribution >= 4 is 29.0 Å². The molecule has 0 saturated carbocycles. The number of nitrogens with zero attached hydrogens (tertiary/aromatic N) is 1. The fourth-order valence-corrected chi connectivity index (χ4v) is 2.16. The van der Waals surface area contributed by atoms with Crippen LogP contribution in [0.3, 0.4) is 0 Å². The van der Waals surface area contributed by atoms with Gasteiger partial charge in [0, 0.05) is 11.8 Å². The SMILES string of the molecule is O=C(Nc1ccc(Cl)c([N+](=O)[O-])c1)NC(CO)c1ccccc1. The first-order chi connectivity index (χ1) is 11.0. The van der Waals surface area contributed by atoms with Crippen LogP contribution in [0.1, 0.15) is 11.6 Å². The number of carbonyl (C=O) groups excluding carboxylic acids is 1. The zero-order valence-electron chi connectivity index (χ0n) is 11.9. The van der Waals surface area contributed by atoms with Gasteiger partial charge >= 0.3 is 6.03 Å². The molecule has 23 heavy (non-hydrogen) atoms. The Morgan fingerprint density at radius 1 is 1.26 bits per heavy atom. The van der Waals surface area contributed by atoms with Crippen molar-refractivity contribution in [2.75, 3.05) is 11.9 Å². The number of carbonyl (C=O) groups is 1. The highest BCUT2D eigenvalue weighted by Crippen LogP contribution is 2.27. The highest BCUT2D eigenvalue weighted by atomic mass is 35.5. The molecule has 2 rings (SSSR count). The highest BCUT2D eigenvalue weighted by Gasteiger charge is 2.16. The minimum atomic E-state index is -0.633. The second kappa shape index (κ2) is 7.57. The molecule has 0 heterocycles. The second-order valence-corrected chi connectivity index (χ2v) is 5.07. The molecule has 8 heteroatoms. The zero-order valence-corrected chi connectivity index (χ0v) is 12.7. The van der Waals surface area contributed by atoms with Crippen molar-refractivity contribution in [3.8, 4) is 0 Å². The zero-order chi connectivity index (χ0) is 16.8. The first-order valence-electron chi connectivity index (χ1n) is 6.68. The summed E-state index contributed by atoms with van der Waals surface area (Å²) in [5.74, 6) is 0. The Hall–Kier alpha value is -2.64. The summed E-state index contributed by atoms with van der Waals surface area (Å²) in [5, 5.41) is 25.3. The van der Waals surface area contributed by atoms with Gasteiger partial charge in [-0.3, -0.25) is 10.1 Å². The molecule has 2 aromatic rings.